The first-order valence-corrected chi connectivity index (χ1v) is 12.0. The van der Waals surface area contributed by atoms with Crippen LogP contribution >= 0.6 is 0 Å². The van der Waals surface area contributed by atoms with Gasteiger partial charge in [-0.25, -0.2) is 4.98 Å². The molecule has 0 radical (unpaired) electrons. The zero-order chi connectivity index (χ0) is 23.5. The molecule has 3 heterocycles. The number of pyridine rings is 1. The molecule has 4 rings (SSSR count). The molecule has 2 aliphatic heterocycles. The van der Waals surface area contributed by atoms with Crippen molar-refractivity contribution in [2.75, 3.05) is 23.3 Å². The van der Waals surface area contributed by atoms with Crippen molar-refractivity contribution in [2.24, 2.45) is 5.92 Å². The molecule has 3 N–H and O–H groups in total. The lowest BCUT2D eigenvalue weighted by Crippen LogP contribution is -2.50. The molecule has 2 aromatic rings. The van der Waals surface area contributed by atoms with E-state index < -0.39 is 0 Å². The van der Waals surface area contributed by atoms with Gasteiger partial charge in [0.25, 0.3) is 5.91 Å². The van der Waals surface area contributed by atoms with E-state index in [0.717, 1.165) is 55.1 Å². The van der Waals surface area contributed by atoms with Crippen LogP contribution in [-0.2, 0) is 4.79 Å². The van der Waals surface area contributed by atoms with Gasteiger partial charge in [-0.1, -0.05) is 19.9 Å². The number of carbonyl (C=O) groups is 2. The SMILES string of the molecule is CCC1C(C)C(Nc2cccc(C)n2)c2cc(C(=O)NC3CCNCC3)ccc2N1C(C)=O. The number of benzene rings is 1. The maximum absolute atomic E-state index is 13.1. The smallest absolute Gasteiger partial charge is 0.251 e. The summed E-state index contributed by atoms with van der Waals surface area (Å²) in [4.78, 5) is 32.3. The second kappa shape index (κ2) is 9.91. The minimum atomic E-state index is -0.0681. The van der Waals surface area contributed by atoms with Gasteiger partial charge in [-0.05, 0) is 75.2 Å². The summed E-state index contributed by atoms with van der Waals surface area (Å²) in [6, 6.07) is 11.8. The number of nitrogens with zero attached hydrogens (tertiary/aromatic N) is 2. The van der Waals surface area contributed by atoms with E-state index in [-0.39, 0.29) is 35.9 Å². The Hall–Kier alpha value is -2.93. The van der Waals surface area contributed by atoms with Gasteiger partial charge in [-0.3, -0.25) is 9.59 Å². The quantitative estimate of drug-likeness (QED) is 0.646. The van der Waals surface area contributed by atoms with E-state index >= 15 is 0 Å². The standard InChI is InChI=1S/C26H35N5O2/c1-5-22-17(3)25(30-24-8-6-7-16(2)28-24)21-15-19(9-10-23(21)31(22)18(4)32)26(33)29-20-11-13-27-14-12-20/h6-10,15,17,20,22,25,27H,5,11-14H2,1-4H3,(H,28,30)(H,29,33). The van der Waals surface area contributed by atoms with E-state index in [1.807, 2.05) is 48.2 Å². The number of hydrogen-bond acceptors (Lipinski definition) is 5. The topological polar surface area (TPSA) is 86.4 Å². The number of hydrogen-bond donors (Lipinski definition) is 3. The molecule has 3 unspecified atom stereocenters. The molecule has 2 amide bonds. The third-order valence-electron chi connectivity index (χ3n) is 6.97. The maximum atomic E-state index is 13.1. The number of nitrogens with one attached hydrogen (secondary N) is 3. The number of rotatable bonds is 5. The Morgan fingerprint density at radius 2 is 1.94 bits per heavy atom. The minimum Gasteiger partial charge on any atom is -0.363 e. The molecule has 1 saturated heterocycles. The largest absolute Gasteiger partial charge is 0.363 e. The van der Waals surface area contributed by atoms with Crippen molar-refractivity contribution < 1.29 is 9.59 Å². The number of aryl methyl sites for hydroxylation is 1. The van der Waals surface area contributed by atoms with Crippen molar-refractivity contribution in [1.29, 1.82) is 0 Å². The zero-order valence-electron chi connectivity index (χ0n) is 20.0. The Kier molecular flexibility index (Phi) is 6.98. The summed E-state index contributed by atoms with van der Waals surface area (Å²) >= 11 is 0. The number of aromatic nitrogens is 1. The van der Waals surface area contributed by atoms with Gasteiger partial charge in [0.1, 0.15) is 5.82 Å². The summed E-state index contributed by atoms with van der Waals surface area (Å²) in [5, 5.41) is 10.1. The van der Waals surface area contributed by atoms with Crippen molar-refractivity contribution >= 4 is 23.3 Å². The van der Waals surface area contributed by atoms with Crippen LogP contribution < -0.4 is 20.9 Å². The molecule has 0 aliphatic carbocycles. The minimum absolute atomic E-state index is 0.0222. The monoisotopic (exact) mass is 449 g/mol. The summed E-state index contributed by atoms with van der Waals surface area (Å²) in [5.74, 6) is 0.899. The van der Waals surface area contributed by atoms with Crippen molar-refractivity contribution in [2.45, 2.75) is 65.1 Å². The van der Waals surface area contributed by atoms with Crippen LogP contribution in [0.1, 0.15) is 67.7 Å². The van der Waals surface area contributed by atoms with Gasteiger partial charge in [0, 0.05) is 41.9 Å². The van der Waals surface area contributed by atoms with E-state index in [1.54, 1.807) is 6.92 Å². The molecule has 1 aromatic heterocycles. The molecule has 176 valence electrons. The second-order valence-electron chi connectivity index (χ2n) is 9.28. The second-order valence-corrected chi connectivity index (χ2v) is 9.28. The zero-order valence-corrected chi connectivity index (χ0v) is 20.0. The Labute approximate surface area is 196 Å². The first kappa shape index (κ1) is 23.2. The van der Waals surface area contributed by atoms with E-state index in [4.69, 9.17) is 0 Å². The molecule has 0 bridgehead atoms. The summed E-state index contributed by atoms with van der Waals surface area (Å²) in [6.45, 7) is 9.72. The molecule has 7 heteroatoms. The van der Waals surface area contributed by atoms with Crippen LogP contribution in [-0.4, -0.2) is 42.0 Å². The Morgan fingerprint density at radius 1 is 1.18 bits per heavy atom. The van der Waals surface area contributed by atoms with Gasteiger partial charge in [0.05, 0.1) is 6.04 Å². The van der Waals surface area contributed by atoms with Gasteiger partial charge in [0.15, 0.2) is 0 Å². The molecule has 3 atom stereocenters. The van der Waals surface area contributed by atoms with Gasteiger partial charge in [-0.15, -0.1) is 0 Å². The number of amides is 2. The summed E-state index contributed by atoms with van der Waals surface area (Å²) in [5.41, 5.74) is 3.40. The highest BCUT2D eigenvalue weighted by molar-refractivity contribution is 5.98. The number of anilines is 2. The average molecular weight is 450 g/mol. The lowest BCUT2D eigenvalue weighted by Gasteiger charge is -2.45. The Bertz CT molecular complexity index is 1020. The molecule has 33 heavy (non-hydrogen) atoms. The summed E-state index contributed by atoms with van der Waals surface area (Å²) in [7, 11) is 0. The first-order valence-electron chi connectivity index (χ1n) is 12.0. The van der Waals surface area contributed by atoms with Crippen LogP contribution in [0.25, 0.3) is 0 Å². The van der Waals surface area contributed by atoms with Crippen LogP contribution in [0.15, 0.2) is 36.4 Å². The van der Waals surface area contributed by atoms with Gasteiger partial charge >= 0.3 is 0 Å². The van der Waals surface area contributed by atoms with E-state index in [2.05, 4.69) is 34.8 Å². The number of piperidine rings is 1. The van der Waals surface area contributed by atoms with Crippen molar-refractivity contribution in [3.8, 4) is 0 Å². The fourth-order valence-corrected chi connectivity index (χ4v) is 5.27. The van der Waals surface area contributed by atoms with Crippen molar-refractivity contribution in [3.05, 3.63) is 53.2 Å². The predicted octanol–water partition coefficient (Wildman–Crippen LogP) is 3.81. The predicted molar refractivity (Wildman–Crippen MR) is 132 cm³/mol. The molecular weight excluding hydrogens is 414 g/mol. The number of carbonyl (C=O) groups excluding carboxylic acids is 2. The first-order chi connectivity index (χ1) is 15.9. The number of fused-ring (bicyclic) bond motifs is 1. The molecule has 2 aliphatic rings. The van der Waals surface area contributed by atoms with Crippen LogP contribution in [0.5, 0.6) is 0 Å². The highest BCUT2D eigenvalue weighted by atomic mass is 16.2. The highest BCUT2D eigenvalue weighted by Gasteiger charge is 2.40. The fourth-order valence-electron chi connectivity index (χ4n) is 5.27. The van der Waals surface area contributed by atoms with Crippen LogP contribution in [0.3, 0.4) is 0 Å². The third-order valence-corrected chi connectivity index (χ3v) is 6.97. The maximum Gasteiger partial charge on any atom is 0.251 e. The fraction of sp³-hybridized carbons (Fsp3) is 0.500. The Balaban J connectivity index is 1.71. The van der Waals surface area contributed by atoms with Crippen LogP contribution in [0.2, 0.25) is 0 Å². The van der Waals surface area contributed by atoms with Crippen molar-refractivity contribution in [3.63, 3.8) is 0 Å². The van der Waals surface area contributed by atoms with E-state index in [1.165, 1.54) is 0 Å². The van der Waals surface area contributed by atoms with Gasteiger partial charge in [0.2, 0.25) is 5.91 Å². The van der Waals surface area contributed by atoms with Crippen molar-refractivity contribution in [1.82, 2.24) is 15.6 Å². The van der Waals surface area contributed by atoms with Crippen LogP contribution in [0.4, 0.5) is 11.5 Å². The average Bonchev–Trinajstić information content (AvgIpc) is 2.80. The summed E-state index contributed by atoms with van der Waals surface area (Å²) in [6.07, 6.45) is 2.72. The van der Waals surface area contributed by atoms with Gasteiger partial charge in [-0.2, -0.15) is 0 Å². The highest BCUT2D eigenvalue weighted by Crippen LogP contribution is 2.43. The summed E-state index contributed by atoms with van der Waals surface area (Å²) < 4.78 is 0. The normalized spacial score (nSPS) is 23.0. The van der Waals surface area contributed by atoms with Crippen LogP contribution in [0, 0.1) is 12.8 Å². The Morgan fingerprint density at radius 3 is 2.61 bits per heavy atom. The lowest BCUT2D eigenvalue weighted by atomic mass is 9.80. The lowest BCUT2D eigenvalue weighted by molar-refractivity contribution is -0.117. The third kappa shape index (κ3) is 4.88. The molecule has 0 spiro atoms. The van der Waals surface area contributed by atoms with E-state index in [9.17, 15) is 9.59 Å². The van der Waals surface area contributed by atoms with E-state index in [0.29, 0.717) is 5.56 Å². The van der Waals surface area contributed by atoms with Gasteiger partial charge < -0.3 is 20.9 Å². The molecule has 0 saturated carbocycles. The molecule has 1 aromatic carbocycles. The molecule has 1 fully saturated rings. The molecular formula is C26H35N5O2. The molecule has 7 nitrogen and oxygen atoms in total.